The van der Waals surface area contributed by atoms with Crippen LogP contribution in [0.2, 0.25) is 0 Å². The van der Waals surface area contributed by atoms with Gasteiger partial charge in [-0.1, -0.05) is 43.2 Å². The van der Waals surface area contributed by atoms with Crippen molar-refractivity contribution in [3.05, 3.63) is 47.8 Å². The van der Waals surface area contributed by atoms with Gasteiger partial charge in [-0.2, -0.15) is 0 Å². The van der Waals surface area contributed by atoms with Crippen LogP contribution in [0.5, 0.6) is 0 Å². The number of amides is 1. The van der Waals surface area contributed by atoms with Crippen molar-refractivity contribution in [1.82, 2.24) is 25.7 Å². The number of rotatable bonds is 4. The van der Waals surface area contributed by atoms with Crippen LogP contribution >= 0.6 is 0 Å². The molecule has 5 rings (SSSR count). The molecular weight excluding hydrogens is 350 g/mol. The van der Waals surface area contributed by atoms with Crippen LogP contribution in [0.4, 0.5) is 0 Å². The van der Waals surface area contributed by atoms with Crippen molar-refractivity contribution >= 4 is 5.91 Å². The lowest BCUT2D eigenvalue weighted by molar-refractivity contribution is -0.132. The van der Waals surface area contributed by atoms with E-state index < -0.39 is 0 Å². The Balaban J connectivity index is 1.20. The van der Waals surface area contributed by atoms with Crippen molar-refractivity contribution in [1.29, 1.82) is 0 Å². The summed E-state index contributed by atoms with van der Waals surface area (Å²) in [7, 11) is 0. The summed E-state index contributed by atoms with van der Waals surface area (Å²) in [6, 6.07) is 11.0. The predicted octanol–water partition coefficient (Wildman–Crippen LogP) is 2.80. The van der Waals surface area contributed by atoms with Crippen molar-refractivity contribution in [2.45, 2.75) is 63.7 Å². The molecule has 6 nitrogen and oxygen atoms in total. The standard InChI is InChI=1S/C22H27N5O/c28-21(11-10-19-17-8-4-5-9-18(17)25-26-19)27-13-16-12-23-22(24-20(16)14-27)15-6-2-1-3-7-15/h1-3,6-7,12,17-19,25-26H,4-5,8-11,13-14H2. The minimum atomic E-state index is 0.223. The molecule has 0 radical (unpaired) electrons. The number of fused-ring (bicyclic) bond motifs is 2. The third kappa shape index (κ3) is 3.42. The summed E-state index contributed by atoms with van der Waals surface area (Å²) < 4.78 is 0. The van der Waals surface area contributed by atoms with Gasteiger partial charge in [-0.05, 0) is 25.2 Å². The number of nitrogens with zero attached hydrogens (tertiary/aromatic N) is 3. The summed E-state index contributed by atoms with van der Waals surface area (Å²) in [5.74, 6) is 1.63. The lowest BCUT2D eigenvalue weighted by Crippen LogP contribution is -2.34. The first-order valence-electron chi connectivity index (χ1n) is 10.5. The molecule has 0 bridgehead atoms. The van der Waals surface area contributed by atoms with Gasteiger partial charge >= 0.3 is 0 Å². The van der Waals surface area contributed by atoms with Crippen LogP contribution in [0.15, 0.2) is 36.5 Å². The Bertz CT molecular complexity index is 855. The summed E-state index contributed by atoms with van der Waals surface area (Å²) in [4.78, 5) is 24.0. The van der Waals surface area contributed by atoms with E-state index >= 15 is 0 Å². The Hall–Kier alpha value is -2.31. The topological polar surface area (TPSA) is 70.2 Å². The fourth-order valence-electron chi connectivity index (χ4n) is 4.92. The molecule has 0 spiro atoms. The molecule has 1 amide bonds. The van der Waals surface area contributed by atoms with Crippen molar-refractivity contribution < 1.29 is 4.79 Å². The summed E-state index contributed by atoms with van der Waals surface area (Å²) in [6.45, 7) is 1.23. The van der Waals surface area contributed by atoms with Gasteiger partial charge in [0.1, 0.15) is 0 Å². The molecule has 1 aromatic heterocycles. The van der Waals surface area contributed by atoms with Gasteiger partial charge in [0.25, 0.3) is 0 Å². The third-order valence-corrected chi connectivity index (χ3v) is 6.50. The van der Waals surface area contributed by atoms with Crippen molar-refractivity contribution in [3.8, 4) is 11.4 Å². The van der Waals surface area contributed by atoms with E-state index in [0.717, 1.165) is 29.1 Å². The molecular formula is C22H27N5O. The molecule has 2 fully saturated rings. The molecule has 1 aliphatic carbocycles. The Kier molecular flexibility index (Phi) is 4.82. The van der Waals surface area contributed by atoms with Gasteiger partial charge in [-0.15, -0.1) is 0 Å². The third-order valence-electron chi connectivity index (χ3n) is 6.50. The zero-order chi connectivity index (χ0) is 18.9. The molecule has 3 unspecified atom stereocenters. The average molecular weight is 377 g/mol. The Morgan fingerprint density at radius 3 is 2.86 bits per heavy atom. The number of benzene rings is 1. The van der Waals surface area contributed by atoms with E-state index in [2.05, 4.69) is 15.8 Å². The second-order valence-electron chi connectivity index (χ2n) is 8.27. The second-order valence-corrected chi connectivity index (χ2v) is 8.27. The maximum Gasteiger partial charge on any atom is 0.223 e. The maximum absolute atomic E-state index is 12.8. The first-order chi connectivity index (χ1) is 13.8. The van der Waals surface area contributed by atoms with Gasteiger partial charge in [-0.3, -0.25) is 15.6 Å². The molecule has 1 saturated heterocycles. The smallest absolute Gasteiger partial charge is 0.223 e. The second kappa shape index (κ2) is 7.60. The SMILES string of the molecule is O=C(CCC1NNC2CCCCC21)N1Cc2cnc(-c3ccccc3)nc2C1. The zero-order valence-corrected chi connectivity index (χ0v) is 16.1. The molecule has 3 heterocycles. The minimum absolute atomic E-state index is 0.223. The van der Waals surface area contributed by atoms with Crippen LogP contribution < -0.4 is 10.9 Å². The molecule has 28 heavy (non-hydrogen) atoms. The molecule has 2 N–H and O–H groups in total. The molecule has 6 heteroatoms. The van der Waals surface area contributed by atoms with E-state index in [9.17, 15) is 4.79 Å². The minimum Gasteiger partial charge on any atom is -0.332 e. The van der Waals surface area contributed by atoms with Crippen molar-refractivity contribution in [3.63, 3.8) is 0 Å². The van der Waals surface area contributed by atoms with Crippen LogP contribution in [0, 0.1) is 5.92 Å². The molecule has 2 aliphatic heterocycles. The molecule has 146 valence electrons. The van der Waals surface area contributed by atoms with Crippen molar-refractivity contribution in [2.75, 3.05) is 0 Å². The van der Waals surface area contributed by atoms with E-state index in [0.29, 0.717) is 37.5 Å². The fraction of sp³-hybridized carbons (Fsp3) is 0.500. The van der Waals surface area contributed by atoms with E-state index in [-0.39, 0.29) is 5.91 Å². The van der Waals surface area contributed by atoms with Gasteiger partial charge in [0, 0.05) is 42.4 Å². The highest BCUT2D eigenvalue weighted by Gasteiger charge is 2.37. The molecule has 2 aromatic rings. The monoisotopic (exact) mass is 377 g/mol. The van der Waals surface area contributed by atoms with Crippen LogP contribution in [0.25, 0.3) is 11.4 Å². The lowest BCUT2D eigenvalue weighted by Gasteiger charge is -2.27. The average Bonchev–Trinajstić information content (AvgIpc) is 3.36. The maximum atomic E-state index is 12.8. The number of hydrazine groups is 1. The van der Waals surface area contributed by atoms with Gasteiger partial charge in [-0.25, -0.2) is 9.97 Å². The van der Waals surface area contributed by atoms with Gasteiger partial charge < -0.3 is 4.90 Å². The van der Waals surface area contributed by atoms with E-state index in [1.165, 1.54) is 25.7 Å². The Morgan fingerprint density at radius 2 is 1.96 bits per heavy atom. The summed E-state index contributed by atoms with van der Waals surface area (Å²) in [5.41, 5.74) is 9.95. The normalized spacial score (nSPS) is 26.1. The summed E-state index contributed by atoms with van der Waals surface area (Å²) in [5, 5.41) is 0. The zero-order valence-electron chi connectivity index (χ0n) is 16.1. The number of carbonyl (C=O) groups is 1. The van der Waals surface area contributed by atoms with E-state index in [1.54, 1.807) is 0 Å². The van der Waals surface area contributed by atoms with Crippen LogP contribution in [-0.2, 0) is 17.9 Å². The van der Waals surface area contributed by atoms with Gasteiger partial charge in [0.05, 0.1) is 12.2 Å². The highest BCUT2D eigenvalue weighted by Crippen LogP contribution is 2.32. The van der Waals surface area contributed by atoms with E-state index in [1.807, 2.05) is 41.4 Å². The van der Waals surface area contributed by atoms with Gasteiger partial charge in [0.15, 0.2) is 5.82 Å². The van der Waals surface area contributed by atoms with Crippen molar-refractivity contribution in [2.24, 2.45) is 5.92 Å². The summed E-state index contributed by atoms with van der Waals surface area (Å²) >= 11 is 0. The highest BCUT2D eigenvalue weighted by atomic mass is 16.2. The van der Waals surface area contributed by atoms with Crippen LogP contribution in [0.3, 0.4) is 0 Å². The number of hydrogen-bond acceptors (Lipinski definition) is 5. The van der Waals surface area contributed by atoms with Crippen LogP contribution in [-0.4, -0.2) is 32.9 Å². The summed E-state index contributed by atoms with van der Waals surface area (Å²) in [6.07, 6.45) is 8.55. The van der Waals surface area contributed by atoms with E-state index in [4.69, 9.17) is 4.98 Å². The number of carbonyl (C=O) groups excluding carboxylic acids is 1. The Morgan fingerprint density at radius 1 is 1.11 bits per heavy atom. The Labute approximate surface area is 165 Å². The largest absolute Gasteiger partial charge is 0.332 e. The number of aromatic nitrogens is 2. The molecule has 1 aromatic carbocycles. The number of hydrogen-bond donors (Lipinski definition) is 2. The predicted molar refractivity (Wildman–Crippen MR) is 107 cm³/mol. The molecule has 1 saturated carbocycles. The highest BCUT2D eigenvalue weighted by molar-refractivity contribution is 5.77. The molecule has 3 aliphatic rings. The fourth-order valence-corrected chi connectivity index (χ4v) is 4.92. The first kappa shape index (κ1) is 17.8. The number of nitrogens with one attached hydrogen (secondary N) is 2. The van der Waals surface area contributed by atoms with Gasteiger partial charge in [0.2, 0.25) is 5.91 Å². The molecule has 3 atom stereocenters. The first-order valence-corrected chi connectivity index (χ1v) is 10.5. The quantitative estimate of drug-likeness (QED) is 0.857. The lowest BCUT2D eigenvalue weighted by atomic mass is 9.80. The van der Waals surface area contributed by atoms with Crippen LogP contribution in [0.1, 0.15) is 49.8 Å².